The molecule has 0 radical (unpaired) electrons. The minimum Gasteiger partial charge on any atom is -0.331 e. The van der Waals surface area contributed by atoms with E-state index in [1.54, 1.807) is 0 Å². The van der Waals surface area contributed by atoms with Crippen molar-refractivity contribution in [3.8, 4) is 0 Å². The number of fused-ring (bicyclic) bond motifs is 1. The first-order valence-electron chi connectivity index (χ1n) is 5.68. The Morgan fingerprint density at radius 1 is 1.53 bits per heavy atom. The Hall–Kier alpha value is -0.350. The first-order valence-corrected chi connectivity index (χ1v) is 6.47. The molecule has 0 saturated carbocycles. The van der Waals surface area contributed by atoms with E-state index in [1.807, 2.05) is 0 Å². The number of hydrogen-bond acceptors (Lipinski definition) is 2. The summed E-state index contributed by atoms with van der Waals surface area (Å²) in [4.78, 5) is 4.59. The topological polar surface area (TPSA) is 43.8 Å². The Balaban J connectivity index is 2.17. The second-order valence-electron chi connectivity index (χ2n) is 4.39. The van der Waals surface area contributed by atoms with Gasteiger partial charge in [0.25, 0.3) is 0 Å². The lowest BCUT2D eigenvalue weighted by atomic mass is 10.1. The van der Waals surface area contributed by atoms with Crippen LogP contribution < -0.4 is 5.73 Å². The molecule has 0 saturated heterocycles. The molecule has 1 aliphatic heterocycles. The van der Waals surface area contributed by atoms with Crippen LogP contribution in [0.1, 0.15) is 37.7 Å². The van der Waals surface area contributed by atoms with Gasteiger partial charge in [-0.3, -0.25) is 0 Å². The Morgan fingerprint density at radius 3 is 3.07 bits per heavy atom. The molecule has 0 aromatic carbocycles. The third-order valence-electron chi connectivity index (χ3n) is 2.97. The molecule has 1 unspecified atom stereocenters. The first kappa shape index (κ1) is 11.1. The molecule has 1 aromatic rings. The molecule has 0 bridgehead atoms. The van der Waals surface area contributed by atoms with Gasteiger partial charge in [-0.2, -0.15) is 0 Å². The SMILES string of the molecule is CC(N)CCc1nc(Br)c2n1CCCC2. The highest BCUT2D eigenvalue weighted by molar-refractivity contribution is 9.10. The van der Waals surface area contributed by atoms with Crippen LogP contribution in [0.25, 0.3) is 0 Å². The van der Waals surface area contributed by atoms with Crippen LogP contribution in [0, 0.1) is 0 Å². The number of aromatic nitrogens is 2. The van der Waals surface area contributed by atoms with Crippen LogP contribution in [0.3, 0.4) is 0 Å². The van der Waals surface area contributed by atoms with Crippen LogP contribution in [0.5, 0.6) is 0 Å². The third kappa shape index (κ3) is 2.42. The van der Waals surface area contributed by atoms with Crippen LogP contribution in [0.15, 0.2) is 4.60 Å². The molecule has 1 aromatic heterocycles. The number of imidazole rings is 1. The van der Waals surface area contributed by atoms with Crippen LogP contribution >= 0.6 is 15.9 Å². The van der Waals surface area contributed by atoms with Crippen molar-refractivity contribution in [1.82, 2.24) is 9.55 Å². The average molecular weight is 272 g/mol. The lowest BCUT2D eigenvalue weighted by Crippen LogP contribution is -2.18. The van der Waals surface area contributed by atoms with E-state index in [0.29, 0.717) is 0 Å². The van der Waals surface area contributed by atoms with Crippen molar-refractivity contribution in [3.63, 3.8) is 0 Å². The Morgan fingerprint density at radius 2 is 2.33 bits per heavy atom. The van der Waals surface area contributed by atoms with Crippen LogP contribution in [0.4, 0.5) is 0 Å². The monoisotopic (exact) mass is 271 g/mol. The highest BCUT2D eigenvalue weighted by Crippen LogP contribution is 2.25. The fourth-order valence-electron chi connectivity index (χ4n) is 2.12. The average Bonchev–Trinajstić information content (AvgIpc) is 2.54. The third-order valence-corrected chi connectivity index (χ3v) is 3.61. The molecule has 0 amide bonds. The summed E-state index contributed by atoms with van der Waals surface area (Å²) in [6.07, 6.45) is 5.74. The van der Waals surface area contributed by atoms with Crippen molar-refractivity contribution in [1.29, 1.82) is 0 Å². The molecule has 2 rings (SSSR count). The van der Waals surface area contributed by atoms with Gasteiger partial charge in [-0.25, -0.2) is 4.98 Å². The molecule has 15 heavy (non-hydrogen) atoms. The normalized spacial score (nSPS) is 17.5. The summed E-state index contributed by atoms with van der Waals surface area (Å²) in [5, 5.41) is 0. The van der Waals surface area contributed by atoms with Gasteiger partial charge in [0.1, 0.15) is 10.4 Å². The lowest BCUT2D eigenvalue weighted by molar-refractivity contribution is 0.505. The summed E-state index contributed by atoms with van der Waals surface area (Å²) in [6, 6.07) is 0.264. The number of nitrogens with two attached hydrogens (primary N) is 1. The van der Waals surface area contributed by atoms with Gasteiger partial charge < -0.3 is 10.3 Å². The molecule has 1 atom stereocenters. The van der Waals surface area contributed by atoms with E-state index in [2.05, 4.69) is 32.4 Å². The predicted octanol–water partition coefficient (Wildman–Crippen LogP) is 2.26. The number of halogens is 1. The lowest BCUT2D eigenvalue weighted by Gasteiger charge is -2.17. The maximum atomic E-state index is 5.77. The van der Waals surface area contributed by atoms with E-state index < -0.39 is 0 Å². The summed E-state index contributed by atoms with van der Waals surface area (Å²) in [5.74, 6) is 1.20. The minimum atomic E-state index is 0.264. The van der Waals surface area contributed by atoms with E-state index in [9.17, 15) is 0 Å². The van der Waals surface area contributed by atoms with Gasteiger partial charge in [0, 0.05) is 19.0 Å². The fourth-order valence-corrected chi connectivity index (χ4v) is 2.73. The molecule has 4 heteroatoms. The van der Waals surface area contributed by atoms with Crippen molar-refractivity contribution in [2.45, 2.75) is 51.6 Å². The molecule has 0 fully saturated rings. The zero-order chi connectivity index (χ0) is 10.8. The van der Waals surface area contributed by atoms with Gasteiger partial charge >= 0.3 is 0 Å². The van der Waals surface area contributed by atoms with Crippen molar-refractivity contribution in [3.05, 3.63) is 16.1 Å². The molecule has 84 valence electrons. The summed E-state index contributed by atoms with van der Waals surface area (Å²) >= 11 is 3.55. The van der Waals surface area contributed by atoms with Gasteiger partial charge in [0.15, 0.2) is 0 Å². The molecule has 1 aliphatic rings. The summed E-state index contributed by atoms with van der Waals surface area (Å²) < 4.78 is 3.41. The molecule has 0 aliphatic carbocycles. The van der Waals surface area contributed by atoms with E-state index >= 15 is 0 Å². The standard InChI is InChI=1S/C11H18BrN3/c1-8(13)5-6-10-14-11(12)9-4-2-3-7-15(9)10/h8H,2-7,13H2,1H3. The molecule has 2 N–H and O–H groups in total. The smallest absolute Gasteiger partial charge is 0.127 e. The predicted molar refractivity (Wildman–Crippen MR) is 64.8 cm³/mol. The summed E-state index contributed by atoms with van der Waals surface area (Å²) in [6.45, 7) is 3.18. The second kappa shape index (κ2) is 4.66. The molecule has 0 spiro atoms. The van der Waals surface area contributed by atoms with Gasteiger partial charge in [-0.05, 0) is 48.5 Å². The van der Waals surface area contributed by atoms with Gasteiger partial charge in [-0.15, -0.1) is 0 Å². The largest absolute Gasteiger partial charge is 0.331 e. The molecular formula is C11H18BrN3. The first-order chi connectivity index (χ1) is 7.18. The van der Waals surface area contributed by atoms with Gasteiger partial charge in [0.2, 0.25) is 0 Å². The molecular weight excluding hydrogens is 254 g/mol. The van der Waals surface area contributed by atoms with Crippen LogP contribution in [-0.2, 0) is 19.4 Å². The van der Waals surface area contributed by atoms with E-state index in [0.717, 1.165) is 30.4 Å². The zero-order valence-electron chi connectivity index (χ0n) is 9.17. The zero-order valence-corrected chi connectivity index (χ0v) is 10.8. The number of aryl methyl sites for hydroxylation is 1. The Labute approximate surface area is 99.2 Å². The van der Waals surface area contributed by atoms with Crippen molar-refractivity contribution < 1.29 is 0 Å². The Bertz CT molecular complexity index is 344. The highest BCUT2D eigenvalue weighted by atomic mass is 79.9. The van der Waals surface area contributed by atoms with E-state index in [1.165, 1.54) is 24.4 Å². The van der Waals surface area contributed by atoms with Gasteiger partial charge in [-0.1, -0.05) is 0 Å². The Kier molecular flexibility index (Phi) is 3.46. The maximum absolute atomic E-state index is 5.77. The van der Waals surface area contributed by atoms with Crippen LogP contribution in [0.2, 0.25) is 0 Å². The quantitative estimate of drug-likeness (QED) is 0.917. The fraction of sp³-hybridized carbons (Fsp3) is 0.727. The van der Waals surface area contributed by atoms with E-state index in [-0.39, 0.29) is 6.04 Å². The number of hydrogen-bond donors (Lipinski definition) is 1. The van der Waals surface area contributed by atoms with Crippen LogP contribution in [-0.4, -0.2) is 15.6 Å². The van der Waals surface area contributed by atoms with Crippen molar-refractivity contribution in [2.75, 3.05) is 0 Å². The van der Waals surface area contributed by atoms with Gasteiger partial charge in [0.05, 0.1) is 5.69 Å². The number of nitrogens with zero attached hydrogens (tertiary/aromatic N) is 2. The van der Waals surface area contributed by atoms with Crippen molar-refractivity contribution in [2.24, 2.45) is 5.73 Å². The second-order valence-corrected chi connectivity index (χ2v) is 5.14. The summed E-state index contributed by atoms with van der Waals surface area (Å²) in [5.41, 5.74) is 7.15. The maximum Gasteiger partial charge on any atom is 0.127 e. The number of rotatable bonds is 3. The van der Waals surface area contributed by atoms with E-state index in [4.69, 9.17) is 5.73 Å². The molecule has 3 nitrogen and oxygen atoms in total. The highest BCUT2D eigenvalue weighted by Gasteiger charge is 2.18. The molecule has 2 heterocycles. The minimum absolute atomic E-state index is 0.264. The summed E-state index contributed by atoms with van der Waals surface area (Å²) in [7, 11) is 0. The van der Waals surface area contributed by atoms with Crippen molar-refractivity contribution >= 4 is 15.9 Å².